The summed E-state index contributed by atoms with van der Waals surface area (Å²) in [6, 6.07) is 5.73. The van der Waals surface area contributed by atoms with Crippen LogP contribution in [0.2, 0.25) is 0 Å². The van der Waals surface area contributed by atoms with Crippen LogP contribution in [0.15, 0.2) is 41.0 Å². The van der Waals surface area contributed by atoms with Crippen LogP contribution in [-0.2, 0) is 0 Å². The van der Waals surface area contributed by atoms with Gasteiger partial charge in [-0.05, 0) is 18.2 Å². The van der Waals surface area contributed by atoms with Gasteiger partial charge in [0.05, 0.1) is 11.2 Å². The lowest BCUT2D eigenvalue weighted by molar-refractivity contribution is -0.385. The zero-order valence-corrected chi connectivity index (χ0v) is 9.54. The number of halogens is 1. The van der Waals surface area contributed by atoms with Crippen molar-refractivity contribution in [2.75, 3.05) is 6.61 Å². The highest BCUT2D eigenvalue weighted by Gasteiger charge is 2.18. The first-order valence-electron chi connectivity index (χ1n) is 5.21. The lowest BCUT2D eigenvalue weighted by atomic mass is 10.3. The number of hydrogen-bond acceptors (Lipinski definition) is 5. The molecule has 0 aliphatic heterocycles. The van der Waals surface area contributed by atoms with Crippen molar-refractivity contribution in [2.24, 2.45) is 0 Å². The maximum atomic E-state index is 13.0. The summed E-state index contributed by atoms with van der Waals surface area (Å²) in [5, 5.41) is 10.7. The van der Waals surface area contributed by atoms with Crippen molar-refractivity contribution in [1.82, 2.24) is 0 Å². The Kier molecular flexibility index (Phi) is 3.56. The van der Waals surface area contributed by atoms with E-state index >= 15 is 0 Å². The fourth-order valence-corrected chi connectivity index (χ4v) is 1.41. The zero-order valence-electron chi connectivity index (χ0n) is 9.54. The maximum absolute atomic E-state index is 13.0. The zero-order chi connectivity index (χ0) is 13.8. The molecule has 1 aromatic carbocycles. The van der Waals surface area contributed by atoms with Gasteiger partial charge in [-0.3, -0.25) is 14.9 Å². The summed E-state index contributed by atoms with van der Waals surface area (Å²) in [7, 11) is 0. The molecule has 0 aliphatic rings. The molecular weight excluding hydrogens is 257 g/mol. The Morgan fingerprint density at radius 1 is 1.42 bits per heavy atom. The summed E-state index contributed by atoms with van der Waals surface area (Å²) in [5.74, 6) is -1.42. The highest BCUT2D eigenvalue weighted by atomic mass is 19.1. The van der Waals surface area contributed by atoms with Gasteiger partial charge >= 0.3 is 5.69 Å². The largest absolute Gasteiger partial charge is 0.478 e. The van der Waals surface area contributed by atoms with Crippen LogP contribution in [-0.4, -0.2) is 17.3 Å². The van der Waals surface area contributed by atoms with E-state index in [-0.39, 0.29) is 11.5 Å². The highest BCUT2D eigenvalue weighted by Crippen LogP contribution is 2.27. The van der Waals surface area contributed by atoms with Crippen LogP contribution < -0.4 is 4.74 Å². The second kappa shape index (κ2) is 5.30. The van der Waals surface area contributed by atoms with Crippen LogP contribution >= 0.6 is 0 Å². The first-order chi connectivity index (χ1) is 9.08. The number of rotatable bonds is 5. The molecule has 2 aromatic rings. The molecule has 0 saturated carbocycles. The number of nitro groups is 1. The molecule has 0 saturated heterocycles. The third-order valence-corrected chi connectivity index (χ3v) is 2.27. The van der Waals surface area contributed by atoms with Gasteiger partial charge in [-0.15, -0.1) is 0 Å². The molecule has 6 nitrogen and oxygen atoms in total. The van der Waals surface area contributed by atoms with Crippen molar-refractivity contribution < 1.29 is 23.3 Å². The molecule has 0 N–H and O–H groups in total. The van der Waals surface area contributed by atoms with Crippen molar-refractivity contribution in [2.45, 2.75) is 0 Å². The molecule has 0 spiro atoms. The molecule has 0 bridgehead atoms. The van der Waals surface area contributed by atoms with Gasteiger partial charge in [0, 0.05) is 12.1 Å². The van der Waals surface area contributed by atoms with E-state index in [0.717, 1.165) is 18.2 Å². The highest BCUT2D eigenvalue weighted by molar-refractivity contribution is 5.94. The van der Waals surface area contributed by atoms with Crippen LogP contribution in [0.4, 0.5) is 10.1 Å². The topological polar surface area (TPSA) is 82.6 Å². The standard InChI is InChI=1S/C12H8FNO5/c13-8-3-4-9(14(16)17)12(6-8)19-7-10(15)11-2-1-5-18-11/h1-6H,7H2. The molecule has 0 aliphatic carbocycles. The molecule has 1 aromatic heterocycles. The Labute approximate surface area is 106 Å². The number of ether oxygens (including phenoxy) is 1. The molecule has 2 rings (SSSR count). The summed E-state index contributed by atoms with van der Waals surface area (Å²) in [4.78, 5) is 21.6. The number of benzene rings is 1. The van der Waals surface area contributed by atoms with Crippen LogP contribution in [0.1, 0.15) is 10.6 Å². The molecule has 0 amide bonds. The predicted molar refractivity (Wildman–Crippen MR) is 61.6 cm³/mol. The minimum Gasteiger partial charge on any atom is -0.478 e. The lowest BCUT2D eigenvalue weighted by Gasteiger charge is -2.05. The van der Waals surface area contributed by atoms with Gasteiger partial charge in [-0.25, -0.2) is 4.39 Å². The van der Waals surface area contributed by atoms with Gasteiger partial charge in [0.15, 0.2) is 18.1 Å². The predicted octanol–water partition coefficient (Wildman–Crippen LogP) is 2.59. The molecule has 0 radical (unpaired) electrons. The van der Waals surface area contributed by atoms with E-state index in [1.54, 1.807) is 0 Å². The van der Waals surface area contributed by atoms with E-state index < -0.39 is 28.8 Å². The van der Waals surface area contributed by atoms with Crippen LogP contribution in [0.5, 0.6) is 5.75 Å². The Bertz CT molecular complexity index is 609. The number of nitro benzene ring substituents is 1. The maximum Gasteiger partial charge on any atom is 0.311 e. The van der Waals surface area contributed by atoms with E-state index in [9.17, 15) is 19.3 Å². The SMILES string of the molecule is O=C(COc1cc(F)ccc1[N+](=O)[O-])c1ccco1. The van der Waals surface area contributed by atoms with E-state index in [1.165, 1.54) is 18.4 Å². The molecule has 0 unspecified atom stereocenters. The summed E-state index contributed by atoms with van der Waals surface area (Å²) >= 11 is 0. The van der Waals surface area contributed by atoms with Crippen molar-refractivity contribution in [3.05, 3.63) is 58.3 Å². The van der Waals surface area contributed by atoms with Crippen LogP contribution in [0.3, 0.4) is 0 Å². The van der Waals surface area contributed by atoms with E-state index in [1.807, 2.05) is 0 Å². The summed E-state index contributed by atoms with van der Waals surface area (Å²) in [6.07, 6.45) is 1.32. The van der Waals surface area contributed by atoms with Crippen molar-refractivity contribution >= 4 is 11.5 Å². The molecule has 7 heteroatoms. The van der Waals surface area contributed by atoms with Crippen molar-refractivity contribution in [1.29, 1.82) is 0 Å². The van der Waals surface area contributed by atoms with Crippen molar-refractivity contribution in [3.8, 4) is 5.75 Å². The molecule has 0 fully saturated rings. The Morgan fingerprint density at radius 2 is 2.21 bits per heavy atom. The molecule has 1 heterocycles. The smallest absolute Gasteiger partial charge is 0.311 e. The summed E-state index contributed by atoms with van der Waals surface area (Å²) in [6.45, 7) is -0.474. The first-order valence-corrected chi connectivity index (χ1v) is 5.21. The fraction of sp³-hybridized carbons (Fsp3) is 0.0833. The van der Waals surface area contributed by atoms with Crippen LogP contribution in [0.25, 0.3) is 0 Å². The van der Waals surface area contributed by atoms with E-state index in [0.29, 0.717) is 0 Å². The van der Waals surface area contributed by atoms with Gasteiger partial charge in [0.25, 0.3) is 0 Å². The van der Waals surface area contributed by atoms with E-state index in [4.69, 9.17) is 9.15 Å². The second-order valence-corrected chi connectivity index (χ2v) is 3.56. The van der Waals surface area contributed by atoms with Gasteiger partial charge < -0.3 is 9.15 Å². The second-order valence-electron chi connectivity index (χ2n) is 3.56. The first kappa shape index (κ1) is 12.7. The summed E-state index contributed by atoms with van der Waals surface area (Å²) < 4.78 is 22.8. The van der Waals surface area contributed by atoms with Gasteiger partial charge in [-0.2, -0.15) is 0 Å². The number of hydrogen-bond donors (Lipinski definition) is 0. The monoisotopic (exact) mass is 265 g/mol. The number of Topliss-reactive ketones (excluding diaryl/α,β-unsaturated/α-hetero) is 1. The minimum absolute atomic E-state index is 0.0686. The van der Waals surface area contributed by atoms with E-state index in [2.05, 4.69) is 0 Å². The van der Waals surface area contributed by atoms with Crippen LogP contribution in [0, 0.1) is 15.9 Å². The quantitative estimate of drug-likeness (QED) is 0.471. The normalized spacial score (nSPS) is 10.2. The minimum atomic E-state index is -0.716. The van der Waals surface area contributed by atoms with Gasteiger partial charge in [0.1, 0.15) is 5.82 Å². The molecule has 98 valence electrons. The number of ketones is 1. The number of furan rings is 1. The number of nitrogens with zero attached hydrogens (tertiary/aromatic N) is 1. The third-order valence-electron chi connectivity index (χ3n) is 2.27. The third kappa shape index (κ3) is 2.95. The molecule has 0 atom stereocenters. The summed E-state index contributed by atoms with van der Waals surface area (Å²) in [5.41, 5.74) is -0.409. The lowest BCUT2D eigenvalue weighted by Crippen LogP contribution is -2.11. The molecule has 19 heavy (non-hydrogen) atoms. The average molecular weight is 265 g/mol. The van der Waals surface area contributed by atoms with Crippen molar-refractivity contribution in [3.63, 3.8) is 0 Å². The number of carbonyl (C=O) groups is 1. The fourth-order valence-electron chi connectivity index (χ4n) is 1.41. The number of carbonyl (C=O) groups excluding carboxylic acids is 1. The van der Waals surface area contributed by atoms with Gasteiger partial charge in [0.2, 0.25) is 5.78 Å². The average Bonchev–Trinajstić information content (AvgIpc) is 2.89. The Hall–Kier alpha value is -2.70. The Morgan fingerprint density at radius 3 is 2.84 bits per heavy atom. The Balaban J connectivity index is 2.13. The van der Waals surface area contributed by atoms with Gasteiger partial charge in [-0.1, -0.05) is 0 Å². The molecular formula is C12H8FNO5.